The number of allylic oxidation sites excluding steroid dienone is 1. The Bertz CT molecular complexity index is 686. The van der Waals surface area contributed by atoms with Gasteiger partial charge in [0, 0.05) is 11.5 Å². The third kappa shape index (κ3) is 3.23. The molecule has 0 bridgehead atoms. The molecule has 2 aromatic rings. The molecule has 3 nitrogen and oxygen atoms in total. The predicted octanol–water partition coefficient (Wildman–Crippen LogP) is 4.71. The van der Waals surface area contributed by atoms with Gasteiger partial charge in [0.25, 0.3) is 0 Å². The maximum atomic E-state index is 6.25. The Morgan fingerprint density at radius 2 is 1.42 bits per heavy atom. The molecule has 0 N–H and O–H groups in total. The standard InChI is InChI=1S/C21H22O3/c1-3-9-17(10-4-1)19-15-20(18-11-5-2-6-12-18)24-21(16-19)22-13-7-8-14-23-21/h1-6,9-12,15,19H,7-8,13-14,16H2. The molecule has 4 rings (SSSR count). The van der Waals surface area contributed by atoms with Crippen LogP contribution in [0.2, 0.25) is 0 Å². The lowest BCUT2D eigenvalue weighted by Gasteiger charge is -2.39. The van der Waals surface area contributed by atoms with Gasteiger partial charge in [-0.1, -0.05) is 60.7 Å². The Labute approximate surface area is 142 Å². The molecule has 0 aliphatic carbocycles. The highest BCUT2D eigenvalue weighted by Crippen LogP contribution is 2.42. The summed E-state index contributed by atoms with van der Waals surface area (Å²) >= 11 is 0. The van der Waals surface area contributed by atoms with Crippen LogP contribution in [0.3, 0.4) is 0 Å². The van der Waals surface area contributed by atoms with Crippen LogP contribution in [-0.2, 0) is 14.2 Å². The number of benzene rings is 2. The van der Waals surface area contributed by atoms with E-state index in [1.54, 1.807) is 0 Å². The lowest BCUT2D eigenvalue weighted by molar-refractivity contribution is -0.354. The maximum Gasteiger partial charge on any atom is 0.327 e. The fourth-order valence-electron chi connectivity index (χ4n) is 3.30. The second-order valence-electron chi connectivity index (χ2n) is 6.31. The summed E-state index contributed by atoms with van der Waals surface area (Å²) in [6, 6.07) is 20.7. The zero-order chi connectivity index (χ0) is 16.2. The summed E-state index contributed by atoms with van der Waals surface area (Å²) in [7, 11) is 0. The van der Waals surface area contributed by atoms with Crippen molar-refractivity contribution in [1.29, 1.82) is 0 Å². The van der Waals surface area contributed by atoms with Crippen LogP contribution >= 0.6 is 0 Å². The first-order valence-electron chi connectivity index (χ1n) is 8.64. The van der Waals surface area contributed by atoms with Crippen LogP contribution in [-0.4, -0.2) is 19.2 Å². The van der Waals surface area contributed by atoms with Crippen LogP contribution in [0, 0.1) is 0 Å². The lowest BCUT2D eigenvalue weighted by atomic mass is 9.91. The molecule has 2 aromatic carbocycles. The Hall–Kier alpha value is -2.10. The van der Waals surface area contributed by atoms with Gasteiger partial charge in [0.1, 0.15) is 5.76 Å². The third-order valence-corrected chi connectivity index (χ3v) is 4.56. The highest BCUT2D eigenvalue weighted by Gasteiger charge is 2.43. The van der Waals surface area contributed by atoms with Crippen molar-refractivity contribution in [3.8, 4) is 0 Å². The Morgan fingerprint density at radius 1 is 0.792 bits per heavy atom. The molecule has 124 valence electrons. The molecule has 0 radical (unpaired) electrons. The minimum absolute atomic E-state index is 0.202. The van der Waals surface area contributed by atoms with E-state index in [0.29, 0.717) is 19.6 Å². The van der Waals surface area contributed by atoms with Crippen molar-refractivity contribution in [3.63, 3.8) is 0 Å². The van der Waals surface area contributed by atoms with Gasteiger partial charge in [-0.15, -0.1) is 0 Å². The number of hydrogen-bond acceptors (Lipinski definition) is 3. The van der Waals surface area contributed by atoms with Crippen molar-refractivity contribution >= 4 is 5.76 Å². The van der Waals surface area contributed by atoms with Gasteiger partial charge >= 0.3 is 5.97 Å². The molecule has 1 fully saturated rings. The molecule has 0 aromatic heterocycles. The molecule has 2 aliphatic heterocycles. The fraction of sp³-hybridized carbons (Fsp3) is 0.333. The molecule has 2 aliphatic rings. The van der Waals surface area contributed by atoms with Crippen LogP contribution < -0.4 is 0 Å². The van der Waals surface area contributed by atoms with Crippen LogP contribution in [0.25, 0.3) is 5.76 Å². The largest absolute Gasteiger partial charge is 0.439 e. The van der Waals surface area contributed by atoms with Crippen LogP contribution in [0.15, 0.2) is 66.7 Å². The first-order valence-corrected chi connectivity index (χ1v) is 8.64. The van der Waals surface area contributed by atoms with Gasteiger partial charge in [0.15, 0.2) is 0 Å². The summed E-state index contributed by atoms with van der Waals surface area (Å²) in [5.41, 5.74) is 2.30. The van der Waals surface area contributed by atoms with Crippen molar-refractivity contribution in [2.75, 3.05) is 13.2 Å². The van der Waals surface area contributed by atoms with Crippen molar-refractivity contribution in [2.24, 2.45) is 0 Å². The minimum Gasteiger partial charge on any atom is -0.439 e. The highest BCUT2D eigenvalue weighted by atomic mass is 16.9. The summed E-state index contributed by atoms with van der Waals surface area (Å²) < 4.78 is 18.3. The van der Waals surface area contributed by atoms with Crippen LogP contribution in [0.1, 0.15) is 36.3 Å². The van der Waals surface area contributed by atoms with Gasteiger partial charge in [0.05, 0.1) is 19.6 Å². The number of hydrogen-bond donors (Lipinski definition) is 0. The molecular formula is C21H22O3. The molecule has 1 saturated heterocycles. The van der Waals surface area contributed by atoms with Crippen LogP contribution in [0.5, 0.6) is 0 Å². The Kier molecular flexibility index (Phi) is 4.37. The van der Waals surface area contributed by atoms with E-state index >= 15 is 0 Å². The van der Waals surface area contributed by atoms with E-state index in [4.69, 9.17) is 14.2 Å². The van der Waals surface area contributed by atoms with Gasteiger partial charge in [0.2, 0.25) is 0 Å². The summed E-state index contributed by atoms with van der Waals surface area (Å²) in [5.74, 6) is 0.0579. The molecule has 2 heterocycles. The van der Waals surface area contributed by atoms with E-state index in [2.05, 4.69) is 42.5 Å². The molecular weight excluding hydrogens is 300 g/mol. The molecule has 3 heteroatoms. The third-order valence-electron chi connectivity index (χ3n) is 4.56. The Morgan fingerprint density at radius 3 is 2.08 bits per heavy atom. The minimum atomic E-state index is -0.975. The zero-order valence-corrected chi connectivity index (χ0v) is 13.7. The van der Waals surface area contributed by atoms with E-state index in [0.717, 1.165) is 24.2 Å². The SMILES string of the molecule is C1=C(c2ccccc2)OC2(CC1c1ccccc1)OCCCCO2. The summed E-state index contributed by atoms with van der Waals surface area (Å²) in [5, 5.41) is 0. The first kappa shape index (κ1) is 15.4. The van der Waals surface area contributed by atoms with Crippen molar-refractivity contribution < 1.29 is 14.2 Å². The van der Waals surface area contributed by atoms with E-state index in [1.165, 1.54) is 5.56 Å². The average Bonchev–Trinajstić information content (AvgIpc) is 2.88. The van der Waals surface area contributed by atoms with Gasteiger partial charge in [-0.25, -0.2) is 0 Å². The number of ether oxygens (including phenoxy) is 3. The van der Waals surface area contributed by atoms with E-state index in [9.17, 15) is 0 Å². The summed E-state index contributed by atoms with van der Waals surface area (Å²) in [6.07, 6.45) is 4.87. The van der Waals surface area contributed by atoms with Gasteiger partial charge in [-0.05, 0) is 24.5 Å². The van der Waals surface area contributed by atoms with Crippen molar-refractivity contribution in [1.82, 2.24) is 0 Å². The molecule has 24 heavy (non-hydrogen) atoms. The van der Waals surface area contributed by atoms with Crippen molar-refractivity contribution in [2.45, 2.75) is 31.2 Å². The fourth-order valence-corrected chi connectivity index (χ4v) is 3.30. The number of rotatable bonds is 2. The summed E-state index contributed by atoms with van der Waals surface area (Å²) in [6.45, 7) is 1.34. The second-order valence-corrected chi connectivity index (χ2v) is 6.31. The molecule has 0 saturated carbocycles. The van der Waals surface area contributed by atoms with E-state index in [1.807, 2.05) is 24.3 Å². The average molecular weight is 322 g/mol. The molecule has 1 atom stereocenters. The molecule has 1 spiro atoms. The van der Waals surface area contributed by atoms with E-state index < -0.39 is 5.97 Å². The molecule has 1 unspecified atom stereocenters. The molecule has 0 amide bonds. The quantitative estimate of drug-likeness (QED) is 0.801. The lowest BCUT2D eigenvalue weighted by Crippen LogP contribution is -2.41. The highest BCUT2D eigenvalue weighted by molar-refractivity contribution is 5.62. The van der Waals surface area contributed by atoms with Gasteiger partial charge < -0.3 is 14.2 Å². The van der Waals surface area contributed by atoms with Crippen molar-refractivity contribution in [3.05, 3.63) is 77.9 Å². The summed E-state index contributed by atoms with van der Waals surface area (Å²) in [4.78, 5) is 0. The van der Waals surface area contributed by atoms with Gasteiger partial charge in [-0.2, -0.15) is 0 Å². The second kappa shape index (κ2) is 6.80. The first-order chi connectivity index (χ1) is 11.8. The monoisotopic (exact) mass is 322 g/mol. The predicted molar refractivity (Wildman–Crippen MR) is 93.2 cm³/mol. The normalized spacial score (nSPS) is 23.2. The Balaban J connectivity index is 1.72. The zero-order valence-electron chi connectivity index (χ0n) is 13.7. The topological polar surface area (TPSA) is 27.7 Å². The smallest absolute Gasteiger partial charge is 0.327 e. The van der Waals surface area contributed by atoms with Crippen LogP contribution in [0.4, 0.5) is 0 Å². The van der Waals surface area contributed by atoms with Gasteiger partial charge in [-0.3, -0.25) is 0 Å². The van der Waals surface area contributed by atoms with E-state index in [-0.39, 0.29) is 5.92 Å². The maximum absolute atomic E-state index is 6.25.